The maximum Gasteiger partial charge on any atom is 0.153 e. The molecular weight excluding hydrogens is 222 g/mol. The lowest BCUT2D eigenvalue weighted by Crippen LogP contribution is -1.85. The van der Waals surface area contributed by atoms with Crippen LogP contribution in [0.3, 0.4) is 0 Å². The van der Waals surface area contributed by atoms with Crippen LogP contribution in [0.5, 0.6) is 0 Å². The third kappa shape index (κ3) is 1.16. The minimum atomic E-state index is 0.561. The zero-order valence-electron chi connectivity index (χ0n) is 9.64. The average Bonchev–Trinajstić information content (AvgIpc) is 2.78. The van der Waals surface area contributed by atoms with Crippen LogP contribution in [-0.4, -0.2) is 10.2 Å². The van der Waals surface area contributed by atoms with Crippen LogP contribution in [0, 0.1) is 0 Å². The van der Waals surface area contributed by atoms with Gasteiger partial charge in [0.15, 0.2) is 5.82 Å². The van der Waals surface area contributed by atoms with E-state index in [2.05, 4.69) is 46.6 Å². The first-order valence-corrected chi connectivity index (χ1v) is 5.88. The number of rotatable bonds is 0. The standard InChI is InChI=1S/C15H11N3/c16-15-14-12-8-10-4-2-1-3-9(10)7-11(12)5-6-13(14)17-18-15/h1-8H,(H3,16,17,18). The summed E-state index contributed by atoms with van der Waals surface area (Å²) < 4.78 is 0. The van der Waals surface area contributed by atoms with Crippen LogP contribution in [0.4, 0.5) is 5.82 Å². The van der Waals surface area contributed by atoms with Crippen LogP contribution in [0.15, 0.2) is 48.5 Å². The molecule has 0 bridgehead atoms. The topological polar surface area (TPSA) is 54.7 Å². The molecule has 4 aromatic rings. The van der Waals surface area contributed by atoms with E-state index in [-0.39, 0.29) is 0 Å². The van der Waals surface area contributed by atoms with E-state index in [1.165, 1.54) is 16.2 Å². The van der Waals surface area contributed by atoms with E-state index < -0.39 is 0 Å². The Labute approximate surface area is 103 Å². The van der Waals surface area contributed by atoms with Crippen LogP contribution < -0.4 is 5.73 Å². The molecule has 0 fully saturated rings. The van der Waals surface area contributed by atoms with Gasteiger partial charge in [-0.3, -0.25) is 5.10 Å². The summed E-state index contributed by atoms with van der Waals surface area (Å²) in [6, 6.07) is 16.8. The van der Waals surface area contributed by atoms with Gasteiger partial charge in [0.25, 0.3) is 0 Å². The normalized spacial score (nSPS) is 11.6. The number of nitrogens with one attached hydrogen (secondary N) is 1. The summed E-state index contributed by atoms with van der Waals surface area (Å²) in [7, 11) is 0. The fraction of sp³-hybridized carbons (Fsp3) is 0. The molecule has 0 spiro atoms. The molecule has 0 saturated carbocycles. The number of anilines is 1. The van der Waals surface area contributed by atoms with Gasteiger partial charge in [0.2, 0.25) is 0 Å². The molecule has 18 heavy (non-hydrogen) atoms. The van der Waals surface area contributed by atoms with Crippen LogP contribution in [0.1, 0.15) is 0 Å². The van der Waals surface area contributed by atoms with Crippen LogP contribution in [0.25, 0.3) is 32.4 Å². The molecule has 1 heterocycles. The lowest BCUT2D eigenvalue weighted by Gasteiger charge is -2.03. The summed E-state index contributed by atoms with van der Waals surface area (Å²) in [5.74, 6) is 0.561. The molecule has 0 unspecified atom stereocenters. The SMILES string of the molecule is Nc1n[nH]c2ccc3cc4ccccc4cc3c12. The Morgan fingerprint density at radius 1 is 0.889 bits per heavy atom. The summed E-state index contributed by atoms with van der Waals surface area (Å²) in [6.07, 6.45) is 0. The monoisotopic (exact) mass is 233 g/mol. The van der Waals surface area contributed by atoms with Crippen molar-refractivity contribution in [3.8, 4) is 0 Å². The second-order valence-electron chi connectivity index (χ2n) is 4.52. The summed E-state index contributed by atoms with van der Waals surface area (Å²) in [5.41, 5.74) is 6.93. The van der Waals surface area contributed by atoms with Crippen molar-refractivity contribution in [2.75, 3.05) is 5.73 Å². The number of hydrogen-bond donors (Lipinski definition) is 2. The van der Waals surface area contributed by atoms with Gasteiger partial charge in [-0.2, -0.15) is 5.10 Å². The zero-order valence-corrected chi connectivity index (χ0v) is 9.64. The number of fused-ring (bicyclic) bond motifs is 4. The molecule has 0 saturated heterocycles. The molecule has 0 aliphatic heterocycles. The number of benzene rings is 3. The smallest absolute Gasteiger partial charge is 0.153 e. The molecule has 3 aromatic carbocycles. The fourth-order valence-corrected chi connectivity index (χ4v) is 2.56. The fourth-order valence-electron chi connectivity index (χ4n) is 2.56. The van der Waals surface area contributed by atoms with E-state index >= 15 is 0 Å². The Morgan fingerprint density at radius 3 is 2.50 bits per heavy atom. The van der Waals surface area contributed by atoms with E-state index in [1.807, 2.05) is 12.1 Å². The average molecular weight is 233 g/mol. The van der Waals surface area contributed by atoms with Gasteiger partial charge in [-0.15, -0.1) is 0 Å². The van der Waals surface area contributed by atoms with Gasteiger partial charge in [0.05, 0.1) is 10.9 Å². The van der Waals surface area contributed by atoms with Gasteiger partial charge in [-0.25, -0.2) is 0 Å². The molecule has 4 rings (SSSR count). The summed E-state index contributed by atoms with van der Waals surface area (Å²) in [4.78, 5) is 0. The molecule has 0 amide bonds. The molecule has 1 aromatic heterocycles. The second kappa shape index (κ2) is 3.23. The van der Waals surface area contributed by atoms with Crippen molar-refractivity contribution in [2.45, 2.75) is 0 Å². The first-order valence-electron chi connectivity index (χ1n) is 5.88. The minimum Gasteiger partial charge on any atom is -0.382 e. The third-order valence-electron chi connectivity index (χ3n) is 3.44. The van der Waals surface area contributed by atoms with Crippen LogP contribution in [-0.2, 0) is 0 Å². The molecule has 0 radical (unpaired) electrons. The molecule has 86 valence electrons. The predicted octanol–water partition coefficient (Wildman–Crippen LogP) is 3.45. The third-order valence-corrected chi connectivity index (χ3v) is 3.44. The number of aromatic amines is 1. The summed E-state index contributed by atoms with van der Waals surface area (Å²) >= 11 is 0. The Morgan fingerprint density at radius 2 is 1.67 bits per heavy atom. The molecule has 0 atom stereocenters. The number of nitrogen functional groups attached to an aromatic ring is 1. The molecular formula is C15H11N3. The predicted molar refractivity (Wildman–Crippen MR) is 75.5 cm³/mol. The number of nitrogens with two attached hydrogens (primary N) is 1. The van der Waals surface area contributed by atoms with Crippen LogP contribution >= 0.6 is 0 Å². The highest BCUT2D eigenvalue weighted by Crippen LogP contribution is 2.31. The highest BCUT2D eigenvalue weighted by molar-refractivity contribution is 6.14. The Kier molecular flexibility index (Phi) is 1.70. The van der Waals surface area contributed by atoms with Crippen molar-refractivity contribution < 1.29 is 0 Å². The molecule has 0 aliphatic rings. The largest absolute Gasteiger partial charge is 0.382 e. The van der Waals surface area contributed by atoms with E-state index in [9.17, 15) is 0 Å². The molecule has 3 nitrogen and oxygen atoms in total. The maximum atomic E-state index is 5.94. The van der Waals surface area contributed by atoms with Crippen molar-refractivity contribution >= 4 is 38.3 Å². The van der Waals surface area contributed by atoms with Crippen molar-refractivity contribution in [3.63, 3.8) is 0 Å². The van der Waals surface area contributed by atoms with Gasteiger partial charge in [0, 0.05) is 0 Å². The van der Waals surface area contributed by atoms with Crippen molar-refractivity contribution in [1.29, 1.82) is 0 Å². The Hall–Kier alpha value is -2.55. The lowest BCUT2D eigenvalue weighted by atomic mass is 10.0. The van der Waals surface area contributed by atoms with E-state index in [0.29, 0.717) is 5.82 Å². The number of aromatic nitrogens is 2. The first kappa shape index (κ1) is 9.48. The van der Waals surface area contributed by atoms with Crippen molar-refractivity contribution in [2.24, 2.45) is 0 Å². The number of H-pyrrole nitrogens is 1. The summed E-state index contributed by atoms with van der Waals surface area (Å²) in [6.45, 7) is 0. The van der Waals surface area contributed by atoms with Gasteiger partial charge in [0.1, 0.15) is 0 Å². The van der Waals surface area contributed by atoms with Gasteiger partial charge >= 0.3 is 0 Å². The van der Waals surface area contributed by atoms with E-state index in [4.69, 9.17) is 5.73 Å². The highest BCUT2D eigenvalue weighted by Gasteiger charge is 2.07. The summed E-state index contributed by atoms with van der Waals surface area (Å²) in [5, 5.41) is 12.8. The minimum absolute atomic E-state index is 0.561. The second-order valence-corrected chi connectivity index (χ2v) is 4.52. The number of nitrogens with zero attached hydrogens (tertiary/aromatic N) is 1. The first-order chi connectivity index (χ1) is 8.83. The van der Waals surface area contributed by atoms with Gasteiger partial charge in [-0.05, 0) is 39.7 Å². The van der Waals surface area contributed by atoms with E-state index in [1.54, 1.807) is 0 Å². The zero-order chi connectivity index (χ0) is 12.1. The van der Waals surface area contributed by atoms with Crippen LogP contribution in [0.2, 0.25) is 0 Å². The Balaban J connectivity index is 2.30. The molecule has 0 aliphatic carbocycles. The quantitative estimate of drug-likeness (QED) is 0.457. The van der Waals surface area contributed by atoms with Crippen molar-refractivity contribution in [3.05, 3.63) is 48.5 Å². The maximum absolute atomic E-state index is 5.94. The highest BCUT2D eigenvalue weighted by atomic mass is 15.1. The Bertz CT molecular complexity index is 890. The number of hydrogen-bond acceptors (Lipinski definition) is 2. The molecule has 3 heteroatoms. The lowest BCUT2D eigenvalue weighted by molar-refractivity contribution is 1.13. The van der Waals surface area contributed by atoms with Crippen molar-refractivity contribution in [1.82, 2.24) is 10.2 Å². The molecule has 3 N–H and O–H groups in total. The van der Waals surface area contributed by atoms with Gasteiger partial charge in [-0.1, -0.05) is 30.3 Å². The van der Waals surface area contributed by atoms with E-state index in [0.717, 1.165) is 16.3 Å². The van der Waals surface area contributed by atoms with Gasteiger partial charge < -0.3 is 5.73 Å².